The van der Waals surface area contributed by atoms with Gasteiger partial charge in [0.1, 0.15) is 11.9 Å². The molecule has 2 fully saturated rings. The van der Waals surface area contributed by atoms with Gasteiger partial charge >= 0.3 is 0 Å². The molecule has 2 aliphatic rings. The van der Waals surface area contributed by atoms with Crippen LogP contribution in [0.25, 0.3) is 0 Å². The van der Waals surface area contributed by atoms with Gasteiger partial charge in [0.05, 0.1) is 5.69 Å². The van der Waals surface area contributed by atoms with E-state index in [-0.39, 0.29) is 5.82 Å². The van der Waals surface area contributed by atoms with Crippen molar-refractivity contribution in [3.05, 3.63) is 59.7 Å². The fraction of sp³-hybridized carbons (Fsp3) is 0.522. The Balaban J connectivity index is 1.46. The minimum atomic E-state index is -0.875. The molecule has 1 N–H and O–H groups in total. The molecule has 4 rings (SSSR count). The highest BCUT2D eigenvalue weighted by Gasteiger charge is 2.26. The molecule has 1 unspecified atom stereocenters. The molecule has 2 aromatic rings. The molecule has 0 radical (unpaired) electrons. The van der Waals surface area contributed by atoms with E-state index in [1.54, 1.807) is 24.5 Å². The summed E-state index contributed by atoms with van der Waals surface area (Å²) in [5.41, 5.74) is 1.84. The predicted octanol–water partition coefficient (Wildman–Crippen LogP) is 4.00. The summed E-state index contributed by atoms with van der Waals surface area (Å²) in [5, 5.41) is 10.9. The highest BCUT2D eigenvalue weighted by atomic mass is 19.1. The number of hydrogen-bond donors (Lipinski definition) is 1. The van der Waals surface area contributed by atoms with Gasteiger partial charge in [-0.2, -0.15) is 0 Å². The van der Waals surface area contributed by atoms with Gasteiger partial charge in [0.15, 0.2) is 0 Å². The first kappa shape index (κ1) is 19.3. The fourth-order valence-corrected chi connectivity index (χ4v) is 4.69. The number of piperazine rings is 1. The number of halogens is 1. The molecule has 1 atom stereocenters. The van der Waals surface area contributed by atoms with Gasteiger partial charge in [-0.15, -0.1) is 0 Å². The van der Waals surface area contributed by atoms with Crippen molar-refractivity contribution in [3.8, 4) is 0 Å². The number of aliphatic hydroxyl groups is 1. The van der Waals surface area contributed by atoms with Gasteiger partial charge < -0.3 is 10.0 Å². The van der Waals surface area contributed by atoms with Crippen molar-refractivity contribution in [2.24, 2.45) is 5.92 Å². The number of aromatic nitrogens is 1. The molecule has 0 bridgehead atoms. The number of aliphatic hydroxyl groups excluding tert-OH is 1. The Bertz CT molecular complexity index is 756. The third-order valence-electron chi connectivity index (χ3n) is 6.24. The van der Waals surface area contributed by atoms with Crippen molar-refractivity contribution in [2.45, 2.75) is 38.2 Å². The smallest absolute Gasteiger partial charge is 0.146 e. The van der Waals surface area contributed by atoms with Crippen molar-refractivity contribution >= 4 is 5.69 Å². The molecular weight excluding hydrogens is 353 g/mol. The van der Waals surface area contributed by atoms with E-state index in [4.69, 9.17) is 0 Å². The Labute approximate surface area is 167 Å². The molecular formula is C23H30FN3O. The lowest BCUT2D eigenvalue weighted by Crippen LogP contribution is -2.48. The average Bonchev–Trinajstić information content (AvgIpc) is 2.75. The summed E-state index contributed by atoms with van der Waals surface area (Å²) in [5.74, 6) is 0.567. The van der Waals surface area contributed by atoms with Crippen LogP contribution in [0.3, 0.4) is 0 Å². The minimum Gasteiger partial charge on any atom is -0.384 e. The normalized spacial score (nSPS) is 20.3. The van der Waals surface area contributed by atoms with Gasteiger partial charge in [-0.05, 0) is 30.9 Å². The van der Waals surface area contributed by atoms with E-state index in [9.17, 15) is 9.50 Å². The Hall–Kier alpha value is -1.98. The summed E-state index contributed by atoms with van der Waals surface area (Å²) in [4.78, 5) is 8.72. The maximum atomic E-state index is 14.8. The second-order valence-corrected chi connectivity index (χ2v) is 8.16. The summed E-state index contributed by atoms with van der Waals surface area (Å²) in [6.07, 6.45) is 9.28. The molecule has 0 spiro atoms. The van der Waals surface area contributed by atoms with Gasteiger partial charge in [0.2, 0.25) is 0 Å². The molecule has 1 aromatic carbocycles. The highest BCUT2D eigenvalue weighted by Crippen LogP contribution is 2.33. The van der Waals surface area contributed by atoms with Gasteiger partial charge in [-0.3, -0.25) is 9.88 Å². The van der Waals surface area contributed by atoms with Crippen LogP contribution < -0.4 is 4.90 Å². The summed E-state index contributed by atoms with van der Waals surface area (Å²) >= 11 is 0. The first-order valence-corrected chi connectivity index (χ1v) is 10.6. The van der Waals surface area contributed by atoms with E-state index < -0.39 is 6.10 Å². The van der Waals surface area contributed by atoms with Gasteiger partial charge in [0, 0.05) is 56.2 Å². The van der Waals surface area contributed by atoms with E-state index in [1.165, 1.54) is 44.7 Å². The maximum absolute atomic E-state index is 14.8. The van der Waals surface area contributed by atoms with Gasteiger partial charge in [0.25, 0.3) is 0 Å². The minimum absolute atomic E-state index is 0.263. The van der Waals surface area contributed by atoms with Crippen LogP contribution in [0.15, 0.2) is 42.7 Å². The monoisotopic (exact) mass is 383 g/mol. The van der Waals surface area contributed by atoms with Crippen LogP contribution in [-0.2, 0) is 0 Å². The summed E-state index contributed by atoms with van der Waals surface area (Å²) in [6, 6.07) is 8.61. The number of nitrogens with zero attached hydrogens (tertiary/aromatic N) is 3. The third kappa shape index (κ3) is 4.36. The zero-order valence-corrected chi connectivity index (χ0v) is 16.4. The Kier molecular flexibility index (Phi) is 6.23. The number of rotatable bonds is 5. The lowest BCUT2D eigenvalue weighted by Gasteiger charge is -2.39. The van der Waals surface area contributed by atoms with Crippen LogP contribution in [0, 0.1) is 11.7 Å². The Morgan fingerprint density at radius 2 is 1.82 bits per heavy atom. The number of benzene rings is 1. The number of pyridine rings is 1. The van der Waals surface area contributed by atoms with Gasteiger partial charge in [-0.25, -0.2) is 4.39 Å². The molecule has 1 saturated heterocycles. The molecule has 4 nitrogen and oxygen atoms in total. The van der Waals surface area contributed by atoms with Crippen LogP contribution in [0.4, 0.5) is 10.1 Å². The van der Waals surface area contributed by atoms with E-state index in [1.807, 2.05) is 12.1 Å². The van der Waals surface area contributed by atoms with Crippen molar-refractivity contribution in [3.63, 3.8) is 0 Å². The molecule has 28 heavy (non-hydrogen) atoms. The number of anilines is 1. The second kappa shape index (κ2) is 9.01. The van der Waals surface area contributed by atoms with Crippen LogP contribution in [-0.4, -0.2) is 47.7 Å². The Morgan fingerprint density at radius 1 is 1.04 bits per heavy atom. The molecule has 1 aromatic heterocycles. The lowest BCUT2D eigenvalue weighted by molar-refractivity contribution is 0.190. The summed E-state index contributed by atoms with van der Waals surface area (Å²) < 4.78 is 14.8. The lowest BCUT2D eigenvalue weighted by atomic mass is 9.89. The van der Waals surface area contributed by atoms with Crippen LogP contribution in [0.5, 0.6) is 0 Å². The standard InChI is InChI=1S/C23H30FN3O/c24-21-10-4-9-20(23(28)19-8-5-11-25-16-19)22(21)27-14-12-26(13-15-27)17-18-6-2-1-3-7-18/h4-5,8-11,16,18,23,28H,1-3,6-7,12-15,17H2. The number of para-hydroxylation sites is 1. The van der Waals surface area contributed by atoms with Crippen molar-refractivity contribution < 1.29 is 9.50 Å². The second-order valence-electron chi connectivity index (χ2n) is 8.16. The first-order valence-electron chi connectivity index (χ1n) is 10.6. The molecule has 1 aliphatic carbocycles. The van der Waals surface area contributed by atoms with E-state index >= 15 is 0 Å². The molecule has 2 heterocycles. The van der Waals surface area contributed by atoms with E-state index in [0.29, 0.717) is 16.8 Å². The molecule has 150 valence electrons. The van der Waals surface area contributed by atoms with Crippen molar-refractivity contribution in [1.82, 2.24) is 9.88 Å². The summed E-state index contributed by atoms with van der Waals surface area (Å²) in [6.45, 7) is 4.66. The largest absolute Gasteiger partial charge is 0.384 e. The predicted molar refractivity (Wildman–Crippen MR) is 110 cm³/mol. The van der Waals surface area contributed by atoms with E-state index in [0.717, 1.165) is 32.1 Å². The quantitative estimate of drug-likeness (QED) is 0.847. The Morgan fingerprint density at radius 3 is 2.54 bits per heavy atom. The zero-order chi connectivity index (χ0) is 19.3. The first-order chi connectivity index (χ1) is 13.7. The van der Waals surface area contributed by atoms with Crippen molar-refractivity contribution in [2.75, 3.05) is 37.6 Å². The SMILES string of the molecule is OC(c1cccnc1)c1cccc(F)c1N1CCN(CC2CCCCC2)CC1. The molecule has 0 amide bonds. The van der Waals surface area contributed by atoms with Crippen molar-refractivity contribution in [1.29, 1.82) is 0 Å². The average molecular weight is 384 g/mol. The molecule has 1 saturated carbocycles. The van der Waals surface area contributed by atoms with E-state index in [2.05, 4.69) is 14.8 Å². The third-order valence-corrected chi connectivity index (χ3v) is 6.24. The topological polar surface area (TPSA) is 39.6 Å². The highest BCUT2D eigenvalue weighted by molar-refractivity contribution is 5.58. The van der Waals surface area contributed by atoms with Crippen LogP contribution >= 0.6 is 0 Å². The maximum Gasteiger partial charge on any atom is 0.146 e. The van der Waals surface area contributed by atoms with Crippen LogP contribution in [0.2, 0.25) is 0 Å². The fourth-order valence-electron chi connectivity index (χ4n) is 4.69. The zero-order valence-electron chi connectivity index (χ0n) is 16.4. The molecule has 5 heteroatoms. The molecule has 1 aliphatic heterocycles. The van der Waals surface area contributed by atoms with Gasteiger partial charge in [-0.1, -0.05) is 37.5 Å². The number of hydrogen-bond acceptors (Lipinski definition) is 4. The van der Waals surface area contributed by atoms with Crippen LogP contribution in [0.1, 0.15) is 49.3 Å². The summed E-state index contributed by atoms with van der Waals surface area (Å²) in [7, 11) is 0.